The van der Waals surface area contributed by atoms with E-state index in [0.717, 1.165) is 12.1 Å². The van der Waals surface area contributed by atoms with E-state index in [2.05, 4.69) is 0 Å². The molecule has 90 valence electrons. The molecule has 1 heterocycles. The number of rotatable bonds is 1. The summed E-state index contributed by atoms with van der Waals surface area (Å²) in [6.45, 7) is 0. The molecule has 0 aliphatic carbocycles. The van der Waals surface area contributed by atoms with Crippen LogP contribution in [0.1, 0.15) is 5.56 Å². The molecule has 0 amide bonds. The molecule has 0 spiro atoms. The van der Waals surface area contributed by atoms with Gasteiger partial charge < -0.3 is 4.42 Å². The lowest BCUT2D eigenvalue weighted by atomic mass is 10.0. The Labute approximate surface area is 105 Å². The Bertz CT molecular complexity index is 532. The summed E-state index contributed by atoms with van der Waals surface area (Å²) in [6, 6.07) is 4.87. The molecule has 1 aromatic heterocycles. The van der Waals surface area contributed by atoms with E-state index >= 15 is 0 Å². The zero-order valence-electron chi connectivity index (χ0n) is 8.18. The highest BCUT2D eigenvalue weighted by Gasteiger charge is 2.35. The summed E-state index contributed by atoms with van der Waals surface area (Å²) in [6.07, 6.45) is -3.25. The molecule has 2 aromatic rings. The Hall–Kier alpha value is -1.13. The van der Waals surface area contributed by atoms with Gasteiger partial charge in [0.05, 0.1) is 21.9 Å². The molecule has 0 fully saturated rings. The number of furan rings is 1. The van der Waals surface area contributed by atoms with Gasteiger partial charge in [0.15, 0.2) is 0 Å². The Morgan fingerprint density at radius 1 is 1.06 bits per heavy atom. The molecular weight excluding hydrogens is 276 g/mol. The molecule has 0 radical (unpaired) electrons. The maximum absolute atomic E-state index is 12.8. The molecule has 0 saturated heterocycles. The lowest BCUT2D eigenvalue weighted by molar-refractivity contribution is -0.137. The lowest BCUT2D eigenvalue weighted by Gasteiger charge is -2.13. The van der Waals surface area contributed by atoms with Gasteiger partial charge in [-0.05, 0) is 24.3 Å². The zero-order chi connectivity index (χ0) is 12.6. The fourth-order valence-electron chi connectivity index (χ4n) is 1.45. The maximum atomic E-state index is 12.8. The topological polar surface area (TPSA) is 13.1 Å². The standard InChI is InChI=1S/C11H5Cl2F3O/c12-7-4-3-6(11(14,15)16)9(10(7)13)8-2-1-5-17-8/h1-5H. The second-order valence-corrected chi connectivity index (χ2v) is 4.04. The van der Waals surface area contributed by atoms with Crippen molar-refractivity contribution in [3.63, 3.8) is 0 Å². The monoisotopic (exact) mass is 280 g/mol. The molecule has 0 atom stereocenters. The van der Waals surface area contributed by atoms with Gasteiger partial charge in [-0.2, -0.15) is 13.2 Å². The van der Waals surface area contributed by atoms with Crippen LogP contribution < -0.4 is 0 Å². The van der Waals surface area contributed by atoms with Gasteiger partial charge in [-0.1, -0.05) is 23.2 Å². The molecule has 17 heavy (non-hydrogen) atoms. The van der Waals surface area contributed by atoms with Crippen LogP contribution in [-0.4, -0.2) is 0 Å². The molecular formula is C11H5Cl2F3O. The fourth-order valence-corrected chi connectivity index (χ4v) is 1.86. The molecule has 1 aromatic carbocycles. The first-order chi connectivity index (χ1) is 7.91. The van der Waals surface area contributed by atoms with Crippen molar-refractivity contribution in [1.29, 1.82) is 0 Å². The Balaban J connectivity index is 2.74. The highest BCUT2D eigenvalue weighted by Crippen LogP contribution is 2.43. The minimum Gasteiger partial charge on any atom is -0.464 e. The first-order valence-electron chi connectivity index (χ1n) is 4.50. The third-order valence-corrected chi connectivity index (χ3v) is 2.97. The van der Waals surface area contributed by atoms with Crippen LogP contribution in [0.4, 0.5) is 13.2 Å². The predicted octanol–water partition coefficient (Wildman–Crippen LogP) is 5.27. The molecule has 0 aliphatic rings. The third-order valence-electron chi connectivity index (χ3n) is 2.17. The quantitative estimate of drug-likeness (QED) is 0.693. The Kier molecular flexibility index (Phi) is 3.10. The van der Waals surface area contributed by atoms with Crippen LogP contribution in [0.25, 0.3) is 11.3 Å². The average molecular weight is 281 g/mol. The molecule has 0 saturated carbocycles. The minimum atomic E-state index is -4.52. The summed E-state index contributed by atoms with van der Waals surface area (Å²) in [5.74, 6) is 0.0322. The minimum absolute atomic E-state index is 0.0322. The number of halogens is 5. The van der Waals surface area contributed by atoms with Gasteiger partial charge in [0.25, 0.3) is 0 Å². The molecule has 0 bridgehead atoms. The molecule has 2 rings (SSSR count). The van der Waals surface area contributed by atoms with Gasteiger partial charge in [0, 0.05) is 5.56 Å². The third kappa shape index (κ3) is 2.28. The van der Waals surface area contributed by atoms with E-state index in [1.165, 1.54) is 18.4 Å². The SMILES string of the molecule is FC(F)(F)c1ccc(Cl)c(Cl)c1-c1ccco1. The first kappa shape index (κ1) is 12.3. The van der Waals surface area contributed by atoms with Crippen molar-refractivity contribution in [3.05, 3.63) is 46.1 Å². The summed E-state index contributed by atoms with van der Waals surface area (Å²) in [4.78, 5) is 0. The molecule has 0 unspecified atom stereocenters. The van der Waals surface area contributed by atoms with Crippen LogP contribution in [0.3, 0.4) is 0 Å². The predicted molar refractivity (Wildman–Crippen MR) is 59.2 cm³/mol. The fraction of sp³-hybridized carbons (Fsp3) is 0.0909. The normalized spacial score (nSPS) is 11.8. The van der Waals surface area contributed by atoms with E-state index < -0.39 is 11.7 Å². The van der Waals surface area contributed by atoms with Crippen LogP contribution >= 0.6 is 23.2 Å². The number of hydrogen-bond donors (Lipinski definition) is 0. The van der Waals surface area contributed by atoms with E-state index in [-0.39, 0.29) is 21.4 Å². The van der Waals surface area contributed by atoms with Gasteiger partial charge in [0.1, 0.15) is 5.76 Å². The molecule has 1 nitrogen and oxygen atoms in total. The summed E-state index contributed by atoms with van der Waals surface area (Å²) in [5, 5.41) is -0.123. The van der Waals surface area contributed by atoms with Crippen molar-refractivity contribution < 1.29 is 17.6 Å². The lowest BCUT2D eigenvalue weighted by Crippen LogP contribution is -2.07. The summed E-state index contributed by atoms with van der Waals surface area (Å²) in [7, 11) is 0. The van der Waals surface area contributed by atoms with Crippen LogP contribution in [-0.2, 0) is 6.18 Å². The van der Waals surface area contributed by atoms with Crippen LogP contribution in [0, 0.1) is 0 Å². The largest absolute Gasteiger partial charge is 0.464 e. The van der Waals surface area contributed by atoms with Gasteiger partial charge in [-0.3, -0.25) is 0 Å². The van der Waals surface area contributed by atoms with E-state index in [1.54, 1.807) is 0 Å². The van der Waals surface area contributed by atoms with Crippen LogP contribution in [0.15, 0.2) is 34.9 Å². The van der Waals surface area contributed by atoms with Crippen molar-refractivity contribution in [2.75, 3.05) is 0 Å². The highest BCUT2D eigenvalue weighted by molar-refractivity contribution is 6.43. The number of benzene rings is 1. The van der Waals surface area contributed by atoms with Crippen molar-refractivity contribution >= 4 is 23.2 Å². The van der Waals surface area contributed by atoms with Gasteiger partial charge in [-0.15, -0.1) is 0 Å². The van der Waals surface area contributed by atoms with Crippen molar-refractivity contribution in [2.24, 2.45) is 0 Å². The summed E-state index contributed by atoms with van der Waals surface area (Å²) < 4.78 is 43.4. The molecule has 0 N–H and O–H groups in total. The number of hydrogen-bond acceptors (Lipinski definition) is 1. The second kappa shape index (κ2) is 4.27. The zero-order valence-corrected chi connectivity index (χ0v) is 9.70. The van der Waals surface area contributed by atoms with E-state index in [1.807, 2.05) is 0 Å². The molecule has 6 heteroatoms. The smallest absolute Gasteiger partial charge is 0.417 e. The van der Waals surface area contributed by atoms with Gasteiger partial charge in [-0.25, -0.2) is 0 Å². The summed E-state index contributed by atoms with van der Waals surface area (Å²) in [5.41, 5.74) is -1.11. The maximum Gasteiger partial charge on any atom is 0.417 e. The summed E-state index contributed by atoms with van der Waals surface area (Å²) >= 11 is 11.5. The van der Waals surface area contributed by atoms with Crippen LogP contribution in [0.5, 0.6) is 0 Å². The Morgan fingerprint density at radius 3 is 2.29 bits per heavy atom. The first-order valence-corrected chi connectivity index (χ1v) is 5.26. The Morgan fingerprint density at radius 2 is 1.76 bits per heavy atom. The van der Waals surface area contributed by atoms with Crippen molar-refractivity contribution in [1.82, 2.24) is 0 Å². The van der Waals surface area contributed by atoms with E-state index in [4.69, 9.17) is 27.6 Å². The van der Waals surface area contributed by atoms with Crippen molar-refractivity contribution in [2.45, 2.75) is 6.18 Å². The second-order valence-electron chi connectivity index (χ2n) is 3.26. The van der Waals surface area contributed by atoms with Crippen LogP contribution in [0.2, 0.25) is 10.0 Å². The van der Waals surface area contributed by atoms with Gasteiger partial charge >= 0.3 is 6.18 Å². The molecule has 0 aliphatic heterocycles. The number of alkyl halides is 3. The van der Waals surface area contributed by atoms with Gasteiger partial charge in [0.2, 0.25) is 0 Å². The van der Waals surface area contributed by atoms with Crippen molar-refractivity contribution in [3.8, 4) is 11.3 Å². The average Bonchev–Trinajstić information content (AvgIpc) is 2.73. The van der Waals surface area contributed by atoms with E-state index in [9.17, 15) is 13.2 Å². The highest BCUT2D eigenvalue weighted by atomic mass is 35.5. The van der Waals surface area contributed by atoms with E-state index in [0.29, 0.717) is 0 Å².